The van der Waals surface area contributed by atoms with Crippen LogP contribution in [0, 0.1) is 25.7 Å². The molecule has 2 amide bonds. The summed E-state index contributed by atoms with van der Waals surface area (Å²) in [6, 6.07) is 10.1. The van der Waals surface area contributed by atoms with Gasteiger partial charge in [0.15, 0.2) is 5.82 Å². The van der Waals surface area contributed by atoms with Crippen molar-refractivity contribution in [3.05, 3.63) is 41.7 Å². The van der Waals surface area contributed by atoms with Gasteiger partial charge in [-0.2, -0.15) is 0 Å². The number of piperazine rings is 1. The number of hydrogen-bond donors (Lipinski definition) is 1. The summed E-state index contributed by atoms with van der Waals surface area (Å²) in [5, 5.41) is 6.48. The summed E-state index contributed by atoms with van der Waals surface area (Å²) in [5.74, 6) is 0.519. The van der Waals surface area contributed by atoms with Crippen LogP contribution in [0.2, 0.25) is 0 Å². The molecule has 7 heteroatoms. The van der Waals surface area contributed by atoms with E-state index in [1.54, 1.807) is 13.0 Å². The number of anilines is 2. The van der Waals surface area contributed by atoms with Crippen molar-refractivity contribution in [3.8, 4) is 0 Å². The minimum atomic E-state index is -0.260. The molecule has 1 aliphatic heterocycles. The van der Waals surface area contributed by atoms with Gasteiger partial charge in [-0.15, -0.1) is 0 Å². The number of rotatable bonds is 4. The molecule has 1 aromatic carbocycles. The molecule has 1 aliphatic carbocycles. The summed E-state index contributed by atoms with van der Waals surface area (Å²) in [6.45, 7) is 6.87. The lowest BCUT2D eigenvalue weighted by Crippen LogP contribution is -2.49. The minimum Gasteiger partial charge on any atom is -0.368 e. The highest BCUT2D eigenvalue weighted by Gasteiger charge is 2.49. The SMILES string of the molecule is Cc1cccc(N2CCN(C(=O)C3CC3C(=O)Nc3cc(C)on3)CC2)c1. The topological polar surface area (TPSA) is 78.7 Å². The maximum Gasteiger partial charge on any atom is 0.229 e. The fourth-order valence-electron chi connectivity index (χ4n) is 3.65. The van der Waals surface area contributed by atoms with Crippen LogP contribution < -0.4 is 10.2 Å². The zero-order valence-electron chi connectivity index (χ0n) is 15.6. The number of nitrogens with one attached hydrogen (secondary N) is 1. The molecule has 2 atom stereocenters. The number of carbonyl (C=O) groups is 2. The first-order valence-corrected chi connectivity index (χ1v) is 9.36. The molecule has 2 aliphatic rings. The minimum absolute atomic E-state index is 0.0929. The van der Waals surface area contributed by atoms with Gasteiger partial charge in [0.2, 0.25) is 11.8 Å². The third-order valence-corrected chi connectivity index (χ3v) is 5.28. The zero-order chi connectivity index (χ0) is 19.0. The number of aromatic nitrogens is 1. The van der Waals surface area contributed by atoms with Crippen molar-refractivity contribution in [2.75, 3.05) is 36.4 Å². The van der Waals surface area contributed by atoms with Gasteiger partial charge in [-0.25, -0.2) is 0 Å². The number of aryl methyl sites for hydroxylation is 2. The Balaban J connectivity index is 1.28. The molecule has 27 heavy (non-hydrogen) atoms. The third-order valence-electron chi connectivity index (χ3n) is 5.28. The highest BCUT2D eigenvalue weighted by Crippen LogP contribution is 2.41. The smallest absolute Gasteiger partial charge is 0.229 e. The molecular weight excluding hydrogens is 344 g/mol. The Morgan fingerprint density at radius 3 is 2.56 bits per heavy atom. The van der Waals surface area contributed by atoms with Gasteiger partial charge in [0.25, 0.3) is 0 Å². The molecule has 2 aromatic rings. The van der Waals surface area contributed by atoms with E-state index >= 15 is 0 Å². The van der Waals surface area contributed by atoms with Gasteiger partial charge >= 0.3 is 0 Å². The monoisotopic (exact) mass is 368 g/mol. The average Bonchev–Trinajstić information content (AvgIpc) is 3.37. The van der Waals surface area contributed by atoms with E-state index in [0.29, 0.717) is 31.1 Å². The fraction of sp³-hybridized carbons (Fsp3) is 0.450. The molecule has 2 heterocycles. The van der Waals surface area contributed by atoms with Crippen LogP contribution >= 0.6 is 0 Å². The molecule has 2 fully saturated rings. The van der Waals surface area contributed by atoms with Crippen molar-refractivity contribution < 1.29 is 14.1 Å². The Bertz CT molecular complexity index is 854. The highest BCUT2D eigenvalue weighted by atomic mass is 16.5. The second-order valence-electron chi connectivity index (χ2n) is 7.41. The van der Waals surface area contributed by atoms with Crippen LogP contribution in [0.1, 0.15) is 17.7 Å². The Labute approximate surface area is 158 Å². The van der Waals surface area contributed by atoms with Gasteiger partial charge in [-0.3, -0.25) is 9.59 Å². The Morgan fingerprint density at radius 2 is 1.89 bits per heavy atom. The second kappa shape index (κ2) is 7.06. The normalized spacial score (nSPS) is 21.9. The van der Waals surface area contributed by atoms with Crippen molar-refractivity contribution in [2.24, 2.45) is 11.8 Å². The number of amides is 2. The zero-order valence-corrected chi connectivity index (χ0v) is 15.6. The van der Waals surface area contributed by atoms with Crippen LogP contribution in [0.4, 0.5) is 11.5 Å². The lowest BCUT2D eigenvalue weighted by atomic mass is 10.2. The van der Waals surface area contributed by atoms with Gasteiger partial charge < -0.3 is 19.6 Å². The van der Waals surface area contributed by atoms with E-state index in [4.69, 9.17) is 4.52 Å². The van der Waals surface area contributed by atoms with E-state index in [0.717, 1.165) is 13.1 Å². The van der Waals surface area contributed by atoms with E-state index in [1.807, 2.05) is 4.90 Å². The van der Waals surface area contributed by atoms with Crippen LogP contribution in [0.15, 0.2) is 34.9 Å². The van der Waals surface area contributed by atoms with E-state index in [2.05, 4.69) is 46.6 Å². The molecule has 1 aromatic heterocycles. The Hall–Kier alpha value is -2.83. The van der Waals surface area contributed by atoms with Crippen molar-refractivity contribution in [3.63, 3.8) is 0 Å². The van der Waals surface area contributed by atoms with Crippen LogP contribution in [0.5, 0.6) is 0 Å². The summed E-state index contributed by atoms with van der Waals surface area (Å²) in [4.78, 5) is 29.2. The maximum absolute atomic E-state index is 12.7. The second-order valence-corrected chi connectivity index (χ2v) is 7.41. The van der Waals surface area contributed by atoms with Gasteiger partial charge in [-0.05, 0) is 38.0 Å². The average molecular weight is 368 g/mol. The number of hydrogen-bond acceptors (Lipinski definition) is 5. The van der Waals surface area contributed by atoms with Gasteiger partial charge in [0.1, 0.15) is 5.76 Å². The van der Waals surface area contributed by atoms with Crippen molar-refractivity contribution in [2.45, 2.75) is 20.3 Å². The lowest BCUT2D eigenvalue weighted by molar-refractivity contribution is -0.134. The van der Waals surface area contributed by atoms with Crippen molar-refractivity contribution in [1.29, 1.82) is 0 Å². The molecule has 0 bridgehead atoms. The van der Waals surface area contributed by atoms with Crippen LogP contribution in [0.25, 0.3) is 0 Å². The summed E-state index contributed by atoms with van der Waals surface area (Å²) < 4.78 is 4.94. The number of nitrogens with zero attached hydrogens (tertiary/aromatic N) is 3. The molecule has 1 N–H and O–H groups in total. The predicted molar refractivity (Wildman–Crippen MR) is 101 cm³/mol. The van der Waals surface area contributed by atoms with Crippen LogP contribution in [0.3, 0.4) is 0 Å². The first kappa shape index (κ1) is 17.6. The molecule has 7 nitrogen and oxygen atoms in total. The Kier molecular flexibility index (Phi) is 4.59. The molecule has 0 radical (unpaired) electrons. The standard InChI is InChI=1S/C20H24N4O3/c1-13-4-3-5-15(10-13)23-6-8-24(9-7-23)20(26)17-12-16(17)19(25)21-18-11-14(2)27-22-18/h3-5,10-11,16-17H,6-9,12H2,1-2H3,(H,21,22,25). The first-order chi connectivity index (χ1) is 13.0. The molecular formula is C20H24N4O3. The van der Waals surface area contributed by atoms with E-state index in [9.17, 15) is 9.59 Å². The van der Waals surface area contributed by atoms with Gasteiger partial charge in [0, 0.05) is 37.9 Å². The quantitative estimate of drug-likeness (QED) is 0.895. The largest absolute Gasteiger partial charge is 0.368 e. The third kappa shape index (κ3) is 3.82. The lowest BCUT2D eigenvalue weighted by Gasteiger charge is -2.36. The molecule has 0 spiro atoms. The molecule has 1 saturated heterocycles. The van der Waals surface area contributed by atoms with Crippen LogP contribution in [-0.4, -0.2) is 48.0 Å². The molecule has 1 saturated carbocycles. The highest BCUT2D eigenvalue weighted by molar-refractivity contribution is 5.99. The van der Waals surface area contributed by atoms with Crippen molar-refractivity contribution >= 4 is 23.3 Å². The molecule has 2 unspecified atom stereocenters. The fourth-order valence-corrected chi connectivity index (χ4v) is 3.65. The number of carbonyl (C=O) groups excluding carboxylic acids is 2. The van der Waals surface area contributed by atoms with Gasteiger partial charge in [0.05, 0.1) is 11.8 Å². The molecule has 142 valence electrons. The van der Waals surface area contributed by atoms with Crippen molar-refractivity contribution in [1.82, 2.24) is 10.1 Å². The van der Waals surface area contributed by atoms with E-state index in [1.165, 1.54) is 11.3 Å². The van der Waals surface area contributed by atoms with Gasteiger partial charge in [-0.1, -0.05) is 17.3 Å². The number of benzene rings is 1. The maximum atomic E-state index is 12.7. The summed E-state index contributed by atoms with van der Waals surface area (Å²) >= 11 is 0. The first-order valence-electron chi connectivity index (χ1n) is 9.36. The summed E-state index contributed by atoms with van der Waals surface area (Å²) in [5.41, 5.74) is 2.44. The molecule has 4 rings (SSSR count). The Morgan fingerprint density at radius 1 is 1.11 bits per heavy atom. The predicted octanol–water partition coefficient (Wildman–Crippen LogP) is 2.21. The van der Waals surface area contributed by atoms with E-state index < -0.39 is 0 Å². The summed E-state index contributed by atoms with van der Waals surface area (Å²) in [7, 11) is 0. The van der Waals surface area contributed by atoms with Crippen LogP contribution in [-0.2, 0) is 9.59 Å². The van der Waals surface area contributed by atoms with E-state index in [-0.39, 0.29) is 23.7 Å². The summed E-state index contributed by atoms with van der Waals surface area (Å²) in [6.07, 6.45) is 0.611.